The van der Waals surface area contributed by atoms with E-state index >= 15 is 0 Å². The zero-order chi connectivity index (χ0) is 25.0. The summed E-state index contributed by atoms with van der Waals surface area (Å²) >= 11 is 0. The number of anilines is 2. The number of morpholine rings is 2. The van der Waals surface area contributed by atoms with E-state index in [1.807, 2.05) is 48.5 Å². The van der Waals surface area contributed by atoms with E-state index in [1.165, 1.54) is 0 Å². The molecule has 0 unspecified atom stereocenters. The molecule has 10 heteroatoms. The summed E-state index contributed by atoms with van der Waals surface area (Å²) in [6, 6.07) is 14.9. The lowest BCUT2D eigenvalue weighted by Gasteiger charge is -2.26. The highest BCUT2D eigenvalue weighted by molar-refractivity contribution is 5.90. The van der Waals surface area contributed by atoms with Crippen molar-refractivity contribution in [3.63, 3.8) is 0 Å². The van der Waals surface area contributed by atoms with Crippen LogP contribution in [-0.4, -0.2) is 101 Å². The molecule has 194 valence electrons. The molecule has 0 atom stereocenters. The fourth-order valence-electron chi connectivity index (χ4n) is 4.15. The van der Waals surface area contributed by atoms with Crippen LogP contribution in [0.2, 0.25) is 0 Å². The Morgan fingerprint density at radius 3 is 1.33 bits per heavy atom. The van der Waals surface area contributed by atoms with Gasteiger partial charge in [0.15, 0.2) is 0 Å². The summed E-state index contributed by atoms with van der Waals surface area (Å²) < 4.78 is 10.7. The van der Waals surface area contributed by atoms with E-state index in [0.717, 1.165) is 88.2 Å². The second-order valence-electron chi connectivity index (χ2n) is 8.82. The van der Waals surface area contributed by atoms with Crippen LogP contribution in [0.4, 0.5) is 21.0 Å². The van der Waals surface area contributed by atoms with Crippen molar-refractivity contribution in [1.29, 1.82) is 0 Å². The number of amides is 4. The number of hydrogen-bond donors (Lipinski definition) is 4. The van der Waals surface area contributed by atoms with E-state index in [0.29, 0.717) is 13.1 Å². The number of urea groups is 2. The summed E-state index contributed by atoms with van der Waals surface area (Å²) in [5.74, 6) is 0. The minimum Gasteiger partial charge on any atom is -0.379 e. The number of carbonyl (C=O) groups is 2. The van der Waals surface area contributed by atoms with Crippen molar-refractivity contribution in [1.82, 2.24) is 20.4 Å². The molecule has 4 rings (SSSR count). The van der Waals surface area contributed by atoms with Crippen LogP contribution in [0.15, 0.2) is 48.5 Å². The van der Waals surface area contributed by atoms with Crippen molar-refractivity contribution in [2.75, 3.05) is 89.4 Å². The molecule has 4 N–H and O–H groups in total. The van der Waals surface area contributed by atoms with Crippen LogP contribution in [0.1, 0.15) is 0 Å². The lowest BCUT2D eigenvalue weighted by atomic mass is 10.1. The maximum atomic E-state index is 12.2. The summed E-state index contributed by atoms with van der Waals surface area (Å²) in [5, 5.41) is 11.5. The molecule has 2 aliphatic heterocycles. The van der Waals surface area contributed by atoms with Crippen LogP contribution in [-0.2, 0) is 9.47 Å². The summed E-state index contributed by atoms with van der Waals surface area (Å²) in [6.45, 7) is 9.46. The molecular formula is C26H36N6O4. The minimum atomic E-state index is -0.213. The van der Waals surface area contributed by atoms with Gasteiger partial charge in [0.1, 0.15) is 0 Å². The zero-order valence-electron chi connectivity index (χ0n) is 20.6. The van der Waals surface area contributed by atoms with E-state index in [4.69, 9.17) is 9.47 Å². The van der Waals surface area contributed by atoms with E-state index in [9.17, 15) is 9.59 Å². The highest BCUT2D eigenvalue weighted by atomic mass is 16.5. The summed E-state index contributed by atoms with van der Waals surface area (Å²) in [7, 11) is 0. The maximum absolute atomic E-state index is 12.2. The Labute approximate surface area is 212 Å². The third kappa shape index (κ3) is 8.49. The predicted octanol–water partition coefficient (Wildman–Crippen LogP) is 2.26. The molecule has 2 saturated heterocycles. The first kappa shape index (κ1) is 25.9. The van der Waals surface area contributed by atoms with Gasteiger partial charge < -0.3 is 30.7 Å². The Morgan fingerprint density at radius 1 is 0.611 bits per heavy atom. The fourth-order valence-corrected chi connectivity index (χ4v) is 4.15. The van der Waals surface area contributed by atoms with Crippen molar-refractivity contribution in [3.05, 3.63) is 48.5 Å². The van der Waals surface area contributed by atoms with Gasteiger partial charge in [0.2, 0.25) is 0 Å². The molecule has 0 radical (unpaired) electrons. The summed E-state index contributed by atoms with van der Waals surface area (Å²) in [6.07, 6.45) is 0. The molecule has 2 aliphatic rings. The first-order valence-electron chi connectivity index (χ1n) is 12.6. The first-order chi connectivity index (χ1) is 17.7. The van der Waals surface area contributed by atoms with Crippen molar-refractivity contribution < 1.29 is 19.1 Å². The molecule has 36 heavy (non-hydrogen) atoms. The van der Waals surface area contributed by atoms with Crippen LogP contribution in [0, 0.1) is 0 Å². The van der Waals surface area contributed by atoms with E-state index in [2.05, 4.69) is 31.1 Å². The third-order valence-electron chi connectivity index (χ3n) is 6.25. The Kier molecular flexibility index (Phi) is 9.92. The lowest BCUT2D eigenvalue weighted by molar-refractivity contribution is 0.0387. The number of rotatable bonds is 9. The number of hydrogen-bond acceptors (Lipinski definition) is 6. The van der Waals surface area contributed by atoms with Crippen molar-refractivity contribution in [2.24, 2.45) is 0 Å². The van der Waals surface area contributed by atoms with Crippen LogP contribution in [0.5, 0.6) is 0 Å². The highest BCUT2D eigenvalue weighted by Crippen LogP contribution is 2.23. The summed E-state index contributed by atoms with van der Waals surface area (Å²) in [4.78, 5) is 28.9. The third-order valence-corrected chi connectivity index (χ3v) is 6.25. The van der Waals surface area contributed by atoms with Crippen LogP contribution in [0.25, 0.3) is 11.1 Å². The minimum absolute atomic E-state index is 0.213. The normalized spacial score (nSPS) is 16.8. The number of nitrogens with one attached hydrogen (secondary N) is 4. The highest BCUT2D eigenvalue weighted by Gasteiger charge is 2.11. The molecule has 0 spiro atoms. The van der Waals surface area contributed by atoms with Crippen LogP contribution < -0.4 is 21.3 Å². The van der Waals surface area contributed by atoms with Gasteiger partial charge in [-0.15, -0.1) is 0 Å². The fraction of sp³-hybridized carbons (Fsp3) is 0.462. The molecule has 0 aliphatic carbocycles. The van der Waals surface area contributed by atoms with Crippen LogP contribution >= 0.6 is 0 Å². The van der Waals surface area contributed by atoms with Gasteiger partial charge in [0.25, 0.3) is 0 Å². The summed E-state index contributed by atoms with van der Waals surface area (Å²) in [5.41, 5.74) is 3.51. The monoisotopic (exact) mass is 496 g/mol. The Morgan fingerprint density at radius 2 is 0.972 bits per heavy atom. The van der Waals surface area contributed by atoms with Gasteiger partial charge >= 0.3 is 12.1 Å². The first-order valence-corrected chi connectivity index (χ1v) is 12.6. The molecule has 2 fully saturated rings. The molecule has 2 aromatic carbocycles. The quantitative estimate of drug-likeness (QED) is 0.424. The number of nitrogens with zero attached hydrogens (tertiary/aromatic N) is 2. The predicted molar refractivity (Wildman–Crippen MR) is 140 cm³/mol. The smallest absolute Gasteiger partial charge is 0.319 e. The average Bonchev–Trinajstić information content (AvgIpc) is 2.91. The molecule has 4 amide bonds. The van der Waals surface area contributed by atoms with E-state index in [1.54, 1.807) is 0 Å². The molecule has 0 aromatic heterocycles. The van der Waals surface area contributed by atoms with Gasteiger partial charge in [-0.2, -0.15) is 0 Å². The Hall–Kier alpha value is -3.18. The van der Waals surface area contributed by atoms with Crippen molar-refractivity contribution in [2.45, 2.75) is 0 Å². The topological polar surface area (TPSA) is 107 Å². The van der Waals surface area contributed by atoms with Crippen molar-refractivity contribution in [3.8, 4) is 11.1 Å². The molecule has 10 nitrogen and oxygen atoms in total. The van der Waals surface area contributed by atoms with Gasteiger partial charge in [-0.3, -0.25) is 9.80 Å². The Balaban J connectivity index is 1.16. The average molecular weight is 497 g/mol. The zero-order valence-corrected chi connectivity index (χ0v) is 20.6. The van der Waals surface area contributed by atoms with Gasteiger partial charge in [-0.05, 0) is 35.4 Å². The molecular weight excluding hydrogens is 460 g/mol. The molecule has 0 saturated carbocycles. The SMILES string of the molecule is O=C(NCCN1CCOCC1)Nc1ccc(-c2ccc(NC(=O)NCCN3CCOCC3)cc2)cc1. The van der Waals surface area contributed by atoms with Gasteiger partial charge in [-0.25, -0.2) is 9.59 Å². The molecule has 2 heterocycles. The second-order valence-corrected chi connectivity index (χ2v) is 8.82. The lowest BCUT2D eigenvalue weighted by Crippen LogP contribution is -2.42. The number of ether oxygens (including phenoxy) is 2. The van der Waals surface area contributed by atoms with Crippen molar-refractivity contribution >= 4 is 23.4 Å². The Bertz CT molecular complexity index is 878. The van der Waals surface area contributed by atoms with E-state index < -0.39 is 0 Å². The van der Waals surface area contributed by atoms with Gasteiger partial charge in [0.05, 0.1) is 26.4 Å². The second kappa shape index (κ2) is 13.8. The van der Waals surface area contributed by atoms with Crippen LogP contribution in [0.3, 0.4) is 0 Å². The van der Waals surface area contributed by atoms with Gasteiger partial charge in [0, 0.05) is 63.7 Å². The largest absolute Gasteiger partial charge is 0.379 e. The standard InChI is InChI=1S/C26H36N6O4/c33-25(27-9-11-31-13-17-35-18-14-31)29-23-5-1-21(2-6-23)22-3-7-24(8-4-22)30-26(34)28-10-12-32-15-19-36-20-16-32/h1-8H,9-20H2,(H2,27,29,33)(H2,28,30,34). The maximum Gasteiger partial charge on any atom is 0.319 e. The van der Waals surface area contributed by atoms with E-state index in [-0.39, 0.29) is 12.1 Å². The number of benzene rings is 2. The molecule has 0 bridgehead atoms. The molecule has 2 aromatic rings. The number of carbonyl (C=O) groups excluding carboxylic acids is 2. The van der Waals surface area contributed by atoms with Gasteiger partial charge in [-0.1, -0.05) is 24.3 Å².